The minimum absolute atomic E-state index is 0.654. The van der Waals surface area contributed by atoms with Gasteiger partial charge in [0.2, 0.25) is 0 Å². The van der Waals surface area contributed by atoms with Gasteiger partial charge in [0.25, 0.3) is 0 Å². The van der Waals surface area contributed by atoms with Crippen molar-refractivity contribution < 1.29 is 0 Å². The monoisotopic (exact) mass is 274 g/mol. The van der Waals surface area contributed by atoms with E-state index >= 15 is 0 Å². The van der Waals surface area contributed by atoms with Gasteiger partial charge >= 0.3 is 0 Å². The van der Waals surface area contributed by atoms with E-state index in [4.69, 9.17) is 0 Å². The van der Waals surface area contributed by atoms with Gasteiger partial charge in [0.05, 0.1) is 0 Å². The van der Waals surface area contributed by atoms with Crippen molar-refractivity contribution in [3.05, 3.63) is 29.3 Å². The third-order valence-corrected chi connectivity index (χ3v) is 4.40. The molecule has 1 saturated carbocycles. The fourth-order valence-electron chi connectivity index (χ4n) is 2.81. The molecule has 1 atom stereocenters. The normalized spacial score (nSPS) is 16.5. The molecule has 0 spiro atoms. The maximum absolute atomic E-state index is 3.58. The molecule has 1 aromatic carbocycles. The van der Waals surface area contributed by atoms with E-state index < -0.39 is 0 Å². The number of hydrogen-bond donors (Lipinski definition) is 1. The SMILES string of the molecule is Cc1ccc(N(C)C(C)C2CC2)c(CNCC(C)C)c1. The van der Waals surface area contributed by atoms with Crippen molar-refractivity contribution in [1.29, 1.82) is 0 Å². The van der Waals surface area contributed by atoms with Gasteiger partial charge in [-0.1, -0.05) is 31.5 Å². The molecule has 2 heteroatoms. The summed E-state index contributed by atoms with van der Waals surface area (Å²) in [5, 5.41) is 3.58. The molecule has 0 radical (unpaired) electrons. The van der Waals surface area contributed by atoms with Crippen molar-refractivity contribution in [2.24, 2.45) is 11.8 Å². The summed E-state index contributed by atoms with van der Waals surface area (Å²) in [4.78, 5) is 2.48. The number of hydrogen-bond acceptors (Lipinski definition) is 2. The van der Waals surface area contributed by atoms with Gasteiger partial charge in [0.15, 0.2) is 0 Å². The van der Waals surface area contributed by atoms with E-state index in [2.05, 4.69) is 63.2 Å². The highest BCUT2D eigenvalue weighted by atomic mass is 15.1. The zero-order chi connectivity index (χ0) is 14.7. The van der Waals surface area contributed by atoms with E-state index in [1.54, 1.807) is 0 Å². The molecular formula is C18H30N2. The molecule has 2 nitrogen and oxygen atoms in total. The topological polar surface area (TPSA) is 15.3 Å². The second-order valence-electron chi connectivity index (χ2n) is 6.85. The Bertz CT molecular complexity index is 435. The Balaban J connectivity index is 2.09. The maximum atomic E-state index is 3.58. The Morgan fingerprint density at radius 1 is 1.25 bits per heavy atom. The Morgan fingerprint density at radius 3 is 2.55 bits per heavy atom. The zero-order valence-corrected chi connectivity index (χ0v) is 13.7. The highest BCUT2D eigenvalue weighted by Gasteiger charge is 2.31. The quantitative estimate of drug-likeness (QED) is 0.809. The molecule has 0 heterocycles. The zero-order valence-electron chi connectivity index (χ0n) is 13.7. The summed E-state index contributed by atoms with van der Waals surface area (Å²) in [5.74, 6) is 1.60. The van der Waals surface area contributed by atoms with Crippen LogP contribution in [0.1, 0.15) is 44.7 Å². The van der Waals surface area contributed by atoms with Crippen molar-refractivity contribution in [3.63, 3.8) is 0 Å². The Labute approximate surface area is 124 Å². The first-order valence-corrected chi connectivity index (χ1v) is 8.02. The third kappa shape index (κ3) is 3.99. The average Bonchev–Trinajstić information content (AvgIpc) is 3.21. The standard InChI is InChI=1S/C18H30N2/c1-13(2)11-19-12-17-10-14(3)6-9-18(17)20(5)15(4)16-7-8-16/h6,9-10,13,15-16,19H,7-8,11-12H2,1-5H3. The van der Waals surface area contributed by atoms with Gasteiger partial charge in [-0.3, -0.25) is 0 Å². The van der Waals surface area contributed by atoms with Crippen LogP contribution in [0.2, 0.25) is 0 Å². The molecule has 0 aliphatic heterocycles. The number of nitrogens with zero attached hydrogens (tertiary/aromatic N) is 1. The van der Waals surface area contributed by atoms with Crippen LogP contribution in [0.3, 0.4) is 0 Å². The van der Waals surface area contributed by atoms with Gasteiger partial charge in [0, 0.05) is 25.3 Å². The van der Waals surface area contributed by atoms with Crippen LogP contribution in [0.4, 0.5) is 5.69 Å². The summed E-state index contributed by atoms with van der Waals surface area (Å²) >= 11 is 0. The minimum atomic E-state index is 0.654. The lowest BCUT2D eigenvalue weighted by Crippen LogP contribution is -2.32. The second-order valence-corrected chi connectivity index (χ2v) is 6.85. The molecule has 2 rings (SSSR count). The van der Waals surface area contributed by atoms with E-state index in [0.29, 0.717) is 12.0 Å². The number of aryl methyl sites for hydroxylation is 1. The van der Waals surface area contributed by atoms with Crippen LogP contribution in [-0.4, -0.2) is 19.6 Å². The number of rotatable bonds is 7. The van der Waals surface area contributed by atoms with E-state index in [-0.39, 0.29) is 0 Å². The van der Waals surface area contributed by atoms with E-state index in [9.17, 15) is 0 Å². The summed E-state index contributed by atoms with van der Waals surface area (Å²) in [6, 6.07) is 7.51. The molecule has 1 aliphatic carbocycles. The molecule has 112 valence electrons. The highest BCUT2D eigenvalue weighted by Crippen LogP contribution is 2.37. The lowest BCUT2D eigenvalue weighted by atomic mass is 10.1. The third-order valence-electron chi connectivity index (χ3n) is 4.40. The van der Waals surface area contributed by atoms with Gasteiger partial charge in [-0.05, 0) is 56.7 Å². The maximum Gasteiger partial charge on any atom is 0.0411 e. The van der Waals surface area contributed by atoms with Crippen molar-refractivity contribution in [1.82, 2.24) is 5.32 Å². The minimum Gasteiger partial charge on any atom is -0.371 e. The number of anilines is 1. The molecule has 1 aliphatic rings. The molecule has 1 fully saturated rings. The van der Waals surface area contributed by atoms with Gasteiger partial charge < -0.3 is 10.2 Å². The first-order chi connectivity index (χ1) is 9.49. The molecule has 1 aromatic rings. The Morgan fingerprint density at radius 2 is 1.95 bits per heavy atom. The number of benzene rings is 1. The summed E-state index contributed by atoms with van der Waals surface area (Å²) in [5.41, 5.74) is 4.18. The summed E-state index contributed by atoms with van der Waals surface area (Å²) in [6.07, 6.45) is 2.80. The van der Waals surface area contributed by atoms with Gasteiger partial charge in [-0.2, -0.15) is 0 Å². The molecule has 0 bridgehead atoms. The fraction of sp³-hybridized carbons (Fsp3) is 0.667. The van der Waals surface area contributed by atoms with Gasteiger partial charge in [-0.15, -0.1) is 0 Å². The molecule has 0 amide bonds. The molecule has 20 heavy (non-hydrogen) atoms. The van der Waals surface area contributed by atoms with Crippen LogP contribution < -0.4 is 10.2 Å². The smallest absolute Gasteiger partial charge is 0.0411 e. The van der Waals surface area contributed by atoms with Gasteiger partial charge in [-0.25, -0.2) is 0 Å². The molecule has 1 N–H and O–H groups in total. The first-order valence-electron chi connectivity index (χ1n) is 8.02. The lowest BCUT2D eigenvalue weighted by Gasteiger charge is -2.29. The fourth-order valence-corrected chi connectivity index (χ4v) is 2.81. The van der Waals surface area contributed by atoms with Crippen LogP contribution in [0.15, 0.2) is 18.2 Å². The second kappa shape index (κ2) is 6.62. The van der Waals surface area contributed by atoms with Crippen LogP contribution in [0, 0.1) is 18.8 Å². The molecule has 0 aromatic heterocycles. The van der Waals surface area contributed by atoms with Gasteiger partial charge in [0.1, 0.15) is 0 Å². The van der Waals surface area contributed by atoms with Crippen molar-refractivity contribution in [3.8, 4) is 0 Å². The van der Waals surface area contributed by atoms with Crippen LogP contribution in [0.25, 0.3) is 0 Å². The van der Waals surface area contributed by atoms with Crippen LogP contribution in [0.5, 0.6) is 0 Å². The van der Waals surface area contributed by atoms with E-state index in [0.717, 1.165) is 19.0 Å². The largest absolute Gasteiger partial charge is 0.371 e. The molecular weight excluding hydrogens is 244 g/mol. The predicted octanol–water partition coefficient (Wildman–Crippen LogP) is 3.98. The summed E-state index contributed by atoms with van der Waals surface area (Å²) in [6.45, 7) is 11.1. The lowest BCUT2D eigenvalue weighted by molar-refractivity contribution is 0.550. The van der Waals surface area contributed by atoms with Crippen molar-refractivity contribution in [2.75, 3.05) is 18.5 Å². The van der Waals surface area contributed by atoms with Crippen molar-refractivity contribution >= 4 is 5.69 Å². The Hall–Kier alpha value is -1.02. The first kappa shape index (κ1) is 15.4. The average molecular weight is 274 g/mol. The van der Waals surface area contributed by atoms with E-state index in [1.165, 1.54) is 29.7 Å². The summed E-state index contributed by atoms with van der Waals surface area (Å²) in [7, 11) is 2.25. The van der Waals surface area contributed by atoms with E-state index in [1.807, 2.05) is 0 Å². The van der Waals surface area contributed by atoms with Crippen LogP contribution >= 0.6 is 0 Å². The molecule has 1 unspecified atom stereocenters. The van der Waals surface area contributed by atoms with Crippen LogP contribution in [-0.2, 0) is 6.54 Å². The molecule has 0 saturated heterocycles. The highest BCUT2D eigenvalue weighted by molar-refractivity contribution is 5.55. The predicted molar refractivity (Wildman–Crippen MR) is 88.3 cm³/mol. The Kier molecular flexibility index (Phi) is 5.09. The summed E-state index contributed by atoms with van der Waals surface area (Å²) < 4.78 is 0. The van der Waals surface area contributed by atoms with Crippen molar-refractivity contribution in [2.45, 2.75) is 53.1 Å². The number of nitrogens with one attached hydrogen (secondary N) is 1.